The fraction of sp³-hybridized carbons (Fsp3) is 0.577. The van der Waals surface area contributed by atoms with Gasteiger partial charge in [-0.25, -0.2) is 9.78 Å². The molecule has 3 N–H and O–H groups in total. The monoisotopic (exact) mass is 508 g/mol. The molecule has 190 valence electrons. The van der Waals surface area contributed by atoms with Crippen molar-refractivity contribution in [2.75, 3.05) is 53.7 Å². The average Bonchev–Trinajstić information content (AvgIpc) is 3.49. The molecule has 2 saturated heterocycles. The fourth-order valence-electron chi connectivity index (χ4n) is 6.53. The molecule has 2 aromatic rings. The van der Waals surface area contributed by atoms with Crippen LogP contribution in [0.25, 0.3) is 0 Å². The number of carbonyl (C=O) groups is 1. The average molecular weight is 509 g/mol. The summed E-state index contributed by atoms with van der Waals surface area (Å²) in [5, 5.41) is 3.52. The van der Waals surface area contributed by atoms with Crippen LogP contribution in [0.1, 0.15) is 36.1 Å². The Hall–Kier alpha value is -2.88. The van der Waals surface area contributed by atoms with Crippen molar-refractivity contribution < 1.29 is 13.7 Å². The number of benzene rings is 1. The van der Waals surface area contributed by atoms with E-state index in [4.69, 9.17) is 20.4 Å². The molecular weight excluding hydrogens is 476 g/mol. The van der Waals surface area contributed by atoms with E-state index < -0.39 is 22.4 Å². The molecule has 1 aromatic heterocycles. The molecule has 0 bridgehead atoms. The first-order valence-corrected chi connectivity index (χ1v) is 14.4. The van der Waals surface area contributed by atoms with Gasteiger partial charge in [-0.2, -0.15) is 4.98 Å². The van der Waals surface area contributed by atoms with Crippen LogP contribution < -0.4 is 20.9 Å². The van der Waals surface area contributed by atoms with Crippen LogP contribution in [0.15, 0.2) is 23.1 Å². The second-order valence-corrected chi connectivity index (χ2v) is 12.6. The lowest BCUT2D eigenvalue weighted by molar-refractivity contribution is 0.101. The van der Waals surface area contributed by atoms with Gasteiger partial charge in [0.15, 0.2) is 0 Å². The van der Waals surface area contributed by atoms with E-state index in [0.717, 1.165) is 62.0 Å². The van der Waals surface area contributed by atoms with Gasteiger partial charge in [-0.15, -0.1) is 0 Å². The van der Waals surface area contributed by atoms with E-state index >= 15 is 0 Å². The molecule has 9 nitrogen and oxygen atoms in total. The number of primary amides is 1. The van der Waals surface area contributed by atoms with Crippen molar-refractivity contribution >= 4 is 34.3 Å². The third-order valence-corrected chi connectivity index (χ3v) is 10.3. The van der Waals surface area contributed by atoms with Crippen molar-refractivity contribution in [2.45, 2.75) is 49.0 Å². The first kappa shape index (κ1) is 22.3. The first-order valence-electron chi connectivity index (χ1n) is 13.1. The van der Waals surface area contributed by atoms with E-state index in [9.17, 15) is 9.00 Å². The van der Waals surface area contributed by atoms with Gasteiger partial charge in [0, 0.05) is 55.9 Å². The van der Waals surface area contributed by atoms with E-state index in [1.54, 1.807) is 0 Å². The van der Waals surface area contributed by atoms with Crippen LogP contribution in [-0.2, 0) is 34.8 Å². The first-order chi connectivity index (χ1) is 17.5. The number of ether oxygens (including phenoxy) is 1. The summed E-state index contributed by atoms with van der Waals surface area (Å²) in [6.45, 7) is 4.18. The van der Waals surface area contributed by atoms with Gasteiger partial charge in [-0.05, 0) is 55.4 Å². The standard InChI is InChI=1S/C26H32N6O3S/c27-24(33)35-15-26(7-1-8-26)30-23-22-21(6-9-36(22)34)28-25(29-23)32-13-18-11-31(12-19(18)14-32)20-5-4-16-2-3-17(16)10-20/h4-5,10,18-19H,1-3,6-9,11-15H2,(H2,27,33)(H,28,29,30)/t18?,19?,36-/m1/s1. The van der Waals surface area contributed by atoms with Crippen molar-refractivity contribution in [1.82, 2.24) is 9.97 Å². The SMILES string of the molecule is NC(=O)OCC1(Nc2nc(N3CC4CN(c5ccc6c(c5)CC6)CC4C3)nc3c2[S@](=O)CC3)CCC1. The second-order valence-electron chi connectivity index (χ2n) is 11.1. The van der Waals surface area contributed by atoms with Crippen LogP contribution in [0.4, 0.5) is 22.2 Å². The number of rotatable bonds is 6. The molecule has 2 unspecified atom stereocenters. The van der Waals surface area contributed by atoms with Gasteiger partial charge in [0.25, 0.3) is 0 Å². The zero-order valence-electron chi connectivity index (χ0n) is 20.4. The largest absolute Gasteiger partial charge is 0.447 e. The minimum absolute atomic E-state index is 0.190. The minimum atomic E-state index is -1.12. The molecule has 0 radical (unpaired) electrons. The van der Waals surface area contributed by atoms with Gasteiger partial charge in [0.05, 0.1) is 22.0 Å². The number of fused-ring (bicyclic) bond motifs is 3. The molecule has 4 heterocycles. The Morgan fingerprint density at radius 2 is 1.83 bits per heavy atom. The number of carbonyl (C=O) groups excluding carboxylic acids is 1. The maximum atomic E-state index is 12.8. The Morgan fingerprint density at radius 1 is 1.08 bits per heavy atom. The molecular formula is C26H32N6O3S. The summed E-state index contributed by atoms with van der Waals surface area (Å²) in [5.74, 6) is 3.11. The van der Waals surface area contributed by atoms with Crippen molar-refractivity contribution in [3.05, 3.63) is 35.0 Å². The molecule has 1 saturated carbocycles. The smallest absolute Gasteiger partial charge is 0.404 e. The Balaban J connectivity index is 1.10. The summed E-state index contributed by atoms with van der Waals surface area (Å²) in [7, 11) is -1.12. The van der Waals surface area contributed by atoms with Gasteiger partial charge in [-0.1, -0.05) is 6.07 Å². The summed E-state index contributed by atoms with van der Waals surface area (Å²) in [5.41, 5.74) is 10.1. The maximum absolute atomic E-state index is 12.8. The van der Waals surface area contributed by atoms with Crippen LogP contribution >= 0.6 is 0 Å². The molecule has 2 aliphatic carbocycles. The van der Waals surface area contributed by atoms with Gasteiger partial charge in [-0.3, -0.25) is 4.21 Å². The highest BCUT2D eigenvalue weighted by Crippen LogP contribution is 2.41. The second kappa shape index (κ2) is 8.33. The van der Waals surface area contributed by atoms with Crippen LogP contribution in [0.2, 0.25) is 0 Å². The lowest BCUT2D eigenvalue weighted by Crippen LogP contribution is -2.50. The third-order valence-electron chi connectivity index (χ3n) is 8.85. The number of nitrogens with one attached hydrogen (secondary N) is 1. The predicted molar refractivity (Wildman–Crippen MR) is 138 cm³/mol. The highest BCUT2D eigenvalue weighted by atomic mass is 32.2. The zero-order chi connectivity index (χ0) is 24.4. The number of nitrogens with two attached hydrogens (primary N) is 1. The molecule has 1 amide bonds. The van der Waals surface area contributed by atoms with Crippen molar-refractivity contribution in [1.29, 1.82) is 0 Å². The van der Waals surface area contributed by atoms with E-state index in [0.29, 0.717) is 29.8 Å². The normalized spacial score (nSPS) is 27.1. The number of anilines is 3. The third kappa shape index (κ3) is 3.72. The van der Waals surface area contributed by atoms with Gasteiger partial charge < -0.3 is 25.6 Å². The number of aromatic nitrogens is 2. The number of amides is 1. The highest BCUT2D eigenvalue weighted by Gasteiger charge is 2.43. The number of hydrogen-bond donors (Lipinski definition) is 2. The van der Waals surface area contributed by atoms with Gasteiger partial charge in [0.2, 0.25) is 5.95 Å². The molecule has 3 atom stereocenters. The van der Waals surface area contributed by atoms with Gasteiger partial charge >= 0.3 is 6.09 Å². The highest BCUT2D eigenvalue weighted by molar-refractivity contribution is 7.85. The minimum Gasteiger partial charge on any atom is -0.447 e. The molecule has 36 heavy (non-hydrogen) atoms. The number of nitrogens with zero attached hydrogens (tertiary/aromatic N) is 4. The van der Waals surface area contributed by atoms with E-state index in [1.165, 1.54) is 29.7 Å². The van der Waals surface area contributed by atoms with Crippen LogP contribution in [-0.4, -0.2) is 64.3 Å². The van der Waals surface area contributed by atoms with E-state index in [-0.39, 0.29) is 6.61 Å². The summed E-state index contributed by atoms with van der Waals surface area (Å²) < 4.78 is 18.0. The van der Waals surface area contributed by atoms with Crippen LogP contribution in [0.3, 0.4) is 0 Å². The Morgan fingerprint density at radius 3 is 2.47 bits per heavy atom. The van der Waals surface area contributed by atoms with Crippen LogP contribution in [0, 0.1) is 11.8 Å². The molecule has 5 aliphatic rings. The van der Waals surface area contributed by atoms with E-state index in [2.05, 4.69) is 33.3 Å². The zero-order valence-corrected chi connectivity index (χ0v) is 21.2. The topological polar surface area (TPSA) is 114 Å². The van der Waals surface area contributed by atoms with Crippen molar-refractivity contribution in [3.63, 3.8) is 0 Å². The number of aryl methyl sites for hydroxylation is 3. The lowest BCUT2D eigenvalue weighted by Gasteiger charge is -2.42. The molecule has 3 fully saturated rings. The number of hydrogen-bond acceptors (Lipinski definition) is 8. The summed E-state index contributed by atoms with van der Waals surface area (Å²) in [6.07, 6.45) is 5.10. The maximum Gasteiger partial charge on any atom is 0.404 e. The summed E-state index contributed by atoms with van der Waals surface area (Å²) in [4.78, 5) is 26.6. The van der Waals surface area contributed by atoms with E-state index in [1.807, 2.05) is 0 Å². The van der Waals surface area contributed by atoms with Crippen molar-refractivity contribution in [3.8, 4) is 0 Å². The molecule has 7 rings (SSSR count). The predicted octanol–water partition coefficient (Wildman–Crippen LogP) is 2.24. The Bertz CT molecular complexity index is 1250. The molecule has 1 aromatic carbocycles. The summed E-state index contributed by atoms with van der Waals surface area (Å²) >= 11 is 0. The Kier molecular flexibility index (Phi) is 5.16. The van der Waals surface area contributed by atoms with Crippen LogP contribution in [0.5, 0.6) is 0 Å². The van der Waals surface area contributed by atoms with Gasteiger partial charge in [0.1, 0.15) is 17.3 Å². The quantitative estimate of drug-likeness (QED) is 0.611. The van der Waals surface area contributed by atoms with Crippen molar-refractivity contribution in [2.24, 2.45) is 17.6 Å². The Labute approximate surface area is 213 Å². The molecule has 10 heteroatoms. The molecule has 0 spiro atoms. The molecule has 3 aliphatic heterocycles. The summed E-state index contributed by atoms with van der Waals surface area (Å²) in [6, 6.07) is 6.98. The fourth-order valence-corrected chi connectivity index (χ4v) is 7.83. The lowest BCUT2D eigenvalue weighted by atomic mass is 9.77.